The highest BCUT2D eigenvalue weighted by molar-refractivity contribution is 5.88. The normalized spacial score (nSPS) is 15.6. The lowest BCUT2D eigenvalue weighted by Gasteiger charge is -2.42. The Kier molecular flexibility index (Phi) is 8.60. The molecule has 1 unspecified atom stereocenters. The van der Waals surface area contributed by atoms with Crippen molar-refractivity contribution in [3.8, 4) is 22.3 Å². The molecule has 0 aromatic heterocycles. The van der Waals surface area contributed by atoms with Gasteiger partial charge in [-0.25, -0.2) is 0 Å². The summed E-state index contributed by atoms with van der Waals surface area (Å²) in [5.41, 5.74) is 16.9. The fourth-order valence-electron chi connectivity index (χ4n) is 8.26. The minimum absolute atomic E-state index is 0.163. The molecule has 0 saturated carbocycles. The van der Waals surface area contributed by atoms with Crippen molar-refractivity contribution in [1.29, 1.82) is 0 Å². The molecule has 2 heteroatoms. The number of benzene rings is 7. The van der Waals surface area contributed by atoms with E-state index in [9.17, 15) is 0 Å². The number of anilines is 6. The van der Waals surface area contributed by atoms with Crippen molar-refractivity contribution in [2.24, 2.45) is 5.92 Å². The zero-order chi connectivity index (χ0) is 36.6. The van der Waals surface area contributed by atoms with Gasteiger partial charge in [0.1, 0.15) is 0 Å². The second-order valence-electron chi connectivity index (χ2n) is 15.1. The van der Waals surface area contributed by atoms with Crippen molar-refractivity contribution < 1.29 is 0 Å². The average Bonchev–Trinajstić information content (AvgIpc) is 3.22. The molecule has 0 fully saturated rings. The molecule has 7 aromatic carbocycles. The lowest BCUT2D eigenvalue weighted by Crippen LogP contribution is -2.30. The van der Waals surface area contributed by atoms with Crippen LogP contribution < -0.4 is 9.80 Å². The van der Waals surface area contributed by atoms with Crippen LogP contribution in [-0.2, 0) is 5.41 Å². The number of hydrogen-bond donors (Lipinski definition) is 0. The smallest absolute Gasteiger partial charge is 0.0503 e. The Morgan fingerprint density at radius 1 is 0.500 bits per heavy atom. The Morgan fingerprint density at radius 2 is 1.00 bits per heavy atom. The predicted octanol–water partition coefficient (Wildman–Crippen LogP) is 14.6. The van der Waals surface area contributed by atoms with Gasteiger partial charge in [-0.1, -0.05) is 148 Å². The van der Waals surface area contributed by atoms with Crippen LogP contribution in [0, 0.1) is 5.92 Å². The Hall–Kier alpha value is -6.38. The maximum absolute atomic E-state index is 2.41. The Morgan fingerprint density at radius 3 is 1.63 bits per heavy atom. The molecule has 0 saturated heterocycles. The quantitative estimate of drug-likeness (QED) is 0.164. The summed E-state index contributed by atoms with van der Waals surface area (Å²) >= 11 is 0. The van der Waals surface area contributed by atoms with Crippen molar-refractivity contribution >= 4 is 39.7 Å². The van der Waals surface area contributed by atoms with Crippen LogP contribution in [-0.4, -0.2) is 0 Å². The van der Waals surface area contributed by atoms with Crippen LogP contribution in [0.2, 0.25) is 0 Å². The van der Waals surface area contributed by atoms with Gasteiger partial charge in [-0.05, 0) is 124 Å². The molecule has 1 aliphatic carbocycles. The van der Waals surface area contributed by atoms with Crippen molar-refractivity contribution in [2.45, 2.75) is 32.6 Å². The minimum Gasteiger partial charge on any atom is -0.311 e. The van der Waals surface area contributed by atoms with Gasteiger partial charge < -0.3 is 9.80 Å². The third-order valence-electron chi connectivity index (χ3n) is 11.2. The summed E-state index contributed by atoms with van der Waals surface area (Å²) in [5.74, 6) is 0.558. The van der Waals surface area contributed by atoms with Gasteiger partial charge in [-0.15, -0.1) is 0 Å². The fourth-order valence-corrected chi connectivity index (χ4v) is 8.26. The fraction of sp³-hybridized carbons (Fsp3) is 0.115. The van der Waals surface area contributed by atoms with Crippen LogP contribution in [0.5, 0.6) is 0 Å². The standard InChI is InChI=1S/C52H44N2/c1-37-13-12-16-42(35-37)40-23-30-46(31-24-40)53(45-28-21-39(22-29-45)38-14-6-4-7-15-38)47-32-25-41(26-33-47)43-27-34-51-49(36-43)52(2,3)48-19-10-11-20-50(48)54(51)44-17-8-5-9-18-44/h4-12,14-37H,13H2,1-3H3. The lowest BCUT2D eigenvalue weighted by molar-refractivity contribution is 0.632. The third kappa shape index (κ3) is 6.14. The highest BCUT2D eigenvalue weighted by atomic mass is 15.2. The van der Waals surface area contributed by atoms with Gasteiger partial charge in [0.25, 0.3) is 0 Å². The molecule has 0 spiro atoms. The number of nitrogens with zero attached hydrogens (tertiary/aromatic N) is 2. The number of para-hydroxylation sites is 2. The molecule has 2 aliphatic rings. The van der Waals surface area contributed by atoms with Crippen LogP contribution in [0.1, 0.15) is 43.9 Å². The summed E-state index contributed by atoms with van der Waals surface area (Å²) in [6, 6.07) is 64.2. The average molecular weight is 697 g/mol. The summed E-state index contributed by atoms with van der Waals surface area (Å²) in [4.78, 5) is 4.78. The van der Waals surface area contributed by atoms with Crippen molar-refractivity contribution in [3.63, 3.8) is 0 Å². The zero-order valence-corrected chi connectivity index (χ0v) is 31.2. The Bertz CT molecular complexity index is 2470. The molecule has 1 atom stereocenters. The number of allylic oxidation sites excluding steroid dienone is 4. The molecule has 7 aromatic rings. The summed E-state index contributed by atoms with van der Waals surface area (Å²) in [5, 5.41) is 0. The van der Waals surface area contributed by atoms with E-state index in [1.807, 2.05) is 0 Å². The second-order valence-corrected chi connectivity index (χ2v) is 15.1. The summed E-state index contributed by atoms with van der Waals surface area (Å²) in [7, 11) is 0. The van der Waals surface area contributed by atoms with Gasteiger partial charge in [-0.2, -0.15) is 0 Å². The van der Waals surface area contributed by atoms with Gasteiger partial charge in [0, 0.05) is 28.2 Å². The molecule has 0 radical (unpaired) electrons. The molecule has 54 heavy (non-hydrogen) atoms. The van der Waals surface area contributed by atoms with Crippen molar-refractivity contribution in [1.82, 2.24) is 0 Å². The van der Waals surface area contributed by atoms with Crippen LogP contribution in [0.3, 0.4) is 0 Å². The van der Waals surface area contributed by atoms with E-state index < -0.39 is 0 Å². The van der Waals surface area contributed by atoms with E-state index in [0.717, 1.165) is 23.5 Å². The summed E-state index contributed by atoms with van der Waals surface area (Å²) in [6.45, 7) is 6.99. The van der Waals surface area contributed by atoms with Gasteiger partial charge in [0.2, 0.25) is 0 Å². The van der Waals surface area contributed by atoms with E-state index in [4.69, 9.17) is 0 Å². The SMILES string of the molecule is CC1C=C(c2ccc(N(c3ccc(-c4ccccc4)cc3)c3ccc(-c4ccc5c(c4)C(C)(C)c4ccccc4N5c4ccccc4)cc3)cc2)C=CC1. The zero-order valence-electron chi connectivity index (χ0n) is 31.2. The minimum atomic E-state index is -0.163. The van der Waals surface area contributed by atoms with E-state index in [1.54, 1.807) is 0 Å². The third-order valence-corrected chi connectivity index (χ3v) is 11.2. The molecule has 1 heterocycles. The van der Waals surface area contributed by atoms with E-state index in [0.29, 0.717) is 5.92 Å². The Labute approximate surface area is 320 Å². The maximum Gasteiger partial charge on any atom is 0.0503 e. The molecule has 0 N–H and O–H groups in total. The summed E-state index contributed by atoms with van der Waals surface area (Å²) < 4.78 is 0. The first-order valence-electron chi connectivity index (χ1n) is 19.1. The molecular formula is C52H44N2. The van der Waals surface area contributed by atoms with E-state index >= 15 is 0 Å². The van der Waals surface area contributed by atoms with E-state index in [-0.39, 0.29) is 5.41 Å². The van der Waals surface area contributed by atoms with Crippen molar-refractivity contribution in [3.05, 3.63) is 211 Å². The molecule has 0 amide bonds. The van der Waals surface area contributed by atoms with Crippen molar-refractivity contribution in [2.75, 3.05) is 9.80 Å². The highest BCUT2D eigenvalue weighted by Gasteiger charge is 2.37. The first-order chi connectivity index (χ1) is 26.4. The molecule has 262 valence electrons. The van der Waals surface area contributed by atoms with Gasteiger partial charge >= 0.3 is 0 Å². The number of rotatable bonds is 7. The van der Waals surface area contributed by atoms with Gasteiger partial charge in [0.05, 0.1) is 11.4 Å². The predicted molar refractivity (Wildman–Crippen MR) is 230 cm³/mol. The lowest BCUT2D eigenvalue weighted by atomic mass is 9.73. The van der Waals surface area contributed by atoms with Crippen LogP contribution >= 0.6 is 0 Å². The number of fused-ring (bicyclic) bond motifs is 2. The molecular weight excluding hydrogens is 653 g/mol. The van der Waals surface area contributed by atoms with E-state index in [2.05, 4.69) is 225 Å². The largest absolute Gasteiger partial charge is 0.311 e. The van der Waals surface area contributed by atoms with Gasteiger partial charge in [0.15, 0.2) is 0 Å². The second kappa shape index (κ2) is 13.9. The highest BCUT2D eigenvalue weighted by Crippen LogP contribution is 2.52. The van der Waals surface area contributed by atoms with Gasteiger partial charge in [-0.3, -0.25) is 0 Å². The first-order valence-corrected chi connectivity index (χ1v) is 19.1. The maximum atomic E-state index is 2.41. The first kappa shape index (κ1) is 33.5. The van der Waals surface area contributed by atoms with Crippen LogP contribution in [0.15, 0.2) is 194 Å². The summed E-state index contributed by atoms with van der Waals surface area (Å²) in [6.07, 6.45) is 8.03. The molecule has 1 aliphatic heterocycles. The topological polar surface area (TPSA) is 6.48 Å². The van der Waals surface area contributed by atoms with Crippen LogP contribution in [0.25, 0.3) is 27.8 Å². The Balaban J connectivity index is 1.09. The number of hydrogen-bond acceptors (Lipinski definition) is 2. The van der Waals surface area contributed by atoms with Crippen LogP contribution in [0.4, 0.5) is 34.1 Å². The molecule has 9 rings (SSSR count). The molecule has 0 bridgehead atoms. The molecule has 2 nitrogen and oxygen atoms in total. The monoisotopic (exact) mass is 696 g/mol. The van der Waals surface area contributed by atoms with E-state index in [1.165, 1.54) is 61.6 Å².